The summed E-state index contributed by atoms with van der Waals surface area (Å²) in [5.74, 6) is -1.45. The molecule has 0 saturated carbocycles. The number of aliphatic carboxylic acids is 1. The Morgan fingerprint density at radius 2 is 2.19 bits per heavy atom. The van der Waals surface area contributed by atoms with Crippen molar-refractivity contribution in [3.8, 4) is 6.07 Å². The van der Waals surface area contributed by atoms with E-state index in [0.29, 0.717) is 6.08 Å². The largest absolute Gasteiger partial charge is 0.545 e. The summed E-state index contributed by atoms with van der Waals surface area (Å²) < 4.78 is 0. The highest BCUT2D eigenvalue weighted by molar-refractivity contribution is 5.84. The molecule has 6 heteroatoms. The molecule has 16 heavy (non-hydrogen) atoms. The van der Waals surface area contributed by atoms with Gasteiger partial charge in [-0.15, -0.1) is 0 Å². The molecule has 0 saturated heterocycles. The molecule has 0 heterocycles. The smallest absolute Gasteiger partial charge is 0.277 e. The zero-order valence-electron chi connectivity index (χ0n) is 7.91. The molecule has 1 aromatic carbocycles. The molecule has 0 bridgehead atoms. The molecule has 0 aliphatic rings. The van der Waals surface area contributed by atoms with Crippen molar-refractivity contribution < 1.29 is 14.8 Å². The highest BCUT2D eigenvalue weighted by atomic mass is 16.6. The first kappa shape index (κ1) is 11.4. The van der Waals surface area contributed by atoms with Gasteiger partial charge in [0.1, 0.15) is 0 Å². The normalized spacial score (nSPS) is 9.94. The number of nitrogens with zero attached hydrogens (tertiary/aromatic N) is 2. The molecule has 6 nitrogen and oxygen atoms in total. The van der Waals surface area contributed by atoms with Gasteiger partial charge in [0.2, 0.25) is 0 Å². The first-order chi connectivity index (χ1) is 7.54. The second-order valence-corrected chi connectivity index (χ2v) is 2.79. The molecule has 0 amide bonds. The number of carboxylic acids is 1. The average Bonchev–Trinajstić information content (AvgIpc) is 2.25. The van der Waals surface area contributed by atoms with Crippen LogP contribution in [0.5, 0.6) is 0 Å². The first-order valence-corrected chi connectivity index (χ1v) is 4.12. The summed E-state index contributed by atoms with van der Waals surface area (Å²) in [7, 11) is 0. The van der Waals surface area contributed by atoms with Crippen molar-refractivity contribution in [1.29, 1.82) is 5.26 Å². The van der Waals surface area contributed by atoms with Crippen LogP contribution in [-0.2, 0) is 4.79 Å². The SMILES string of the molecule is N#Cc1ccc(/C=C/C(=O)[O-])c([N+](=O)[O-])c1. The number of nitro benzene ring substituents is 1. The van der Waals surface area contributed by atoms with Gasteiger partial charge in [-0.05, 0) is 24.3 Å². The summed E-state index contributed by atoms with van der Waals surface area (Å²) in [6, 6.07) is 5.50. The molecule has 1 rings (SSSR count). The maximum atomic E-state index is 10.6. The van der Waals surface area contributed by atoms with E-state index in [4.69, 9.17) is 5.26 Å². The number of rotatable bonds is 3. The van der Waals surface area contributed by atoms with Gasteiger partial charge in [-0.3, -0.25) is 10.1 Å². The van der Waals surface area contributed by atoms with Gasteiger partial charge >= 0.3 is 0 Å². The maximum Gasteiger partial charge on any atom is 0.277 e. The quantitative estimate of drug-likeness (QED) is 0.409. The Morgan fingerprint density at radius 3 is 2.69 bits per heavy atom. The van der Waals surface area contributed by atoms with Crippen LogP contribution in [0.25, 0.3) is 6.08 Å². The lowest BCUT2D eigenvalue weighted by Crippen LogP contribution is -2.18. The minimum Gasteiger partial charge on any atom is -0.545 e. The fraction of sp³-hybridized carbons (Fsp3) is 0. The van der Waals surface area contributed by atoms with E-state index in [9.17, 15) is 20.0 Å². The molecule has 1 aromatic rings. The molecule has 0 aliphatic heterocycles. The average molecular weight is 217 g/mol. The van der Waals surface area contributed by atoms with Crippen molar-refractivity contribution in [2.45, 2.75) is 0 Å². The molecule has 0 aromatic heterocycles. The van der Waals surface area contributed by atoms with Gasteiger partial charge in [-0.25, -0.2) is 0 Å². The summed E-state index contributed by atoms with van der Waals surface area (Å²) >= 11 is 0. The summed E-state index contributed by atoms with van der Waals surface area (Å²) in [5, 5.41) is 29.3. The third-order valence-electron chi connectivity index (χ3n) is 1.76. The number of carboxylic acid groups (broad SMARTS) is 1. The second-order valence-electron chi connectivity index (χ2n) is 2.79. The monoisotopic (exact) mass is 217 g/mol. The zero-order valence-corrected chi connectivity index (χ0v) is 7.91. The Bertz CT molecular complexity index is 514. The van der Waals surface area contributed by atoms with Crippen molar-refractivity contribution in [3.63, 3.8) is 0 Å². The van der Waals surface area contributed by atoms with E-state index in [1.165, 1.54) is 12.1 Å². The van der Waals surface area contributed by atoms with Crippen molar-refractivity contribution in [1.82, 2.24) is 0 Å². The molecular formula is C10H5N2O4-. The molecule has 80 valence electrons. The van der Waals surface area contributed by atoms with Crippen molar-refractivity contribution in [2.75, 3.05) is 0 Å². The van der Waals surface area contributed by atoms with Gasteiger partial charge in [0.05, 0.1) is 28.1 Å². The minimum atomic E-state index is -1.45. The van der Waals surface area contributed by atoms with E-state index in [-0.39, 0.29) is 16.8 Å². The number of benzene rings is 1. The molecule has 0 radical (unpaired) electrons. The summed E-state index contributed by atoms with van der Waals surface area (Å²) in [4.78, 5) is 20.1. The van der Waals surface area contributed by atoms with Gasteiger partial charge in [0.15, 0.2) is 0 Å². The van der Waals surface area contributed by atoms with E-state index in [0.717, 1.165) is 12.1 Å². The Kier molecular flexibility index (Phi) is 3.35. The van der Waals surface area contributed by atoms with Crippen molar-refractivity contribution in [3.05, 3.63) is 45.5 Å². The topological polar surface area (TPSA) is 107 Å². The Labute approximate surface area is 90.2 Å². The number of nitriles is 1. The van der Waals surface area contributed by atoms with E-state index in [1.807, 2.05) is 0 Å². The molecule has 0 fully saturated rings. The summed E-state index contributed by atoms with van der Waals surface area (Å²) in [5.41, 5.74) is -0.0814. The highest BCUT2D eigenvalue weighted by Crippen LogP contribution is 2.21. The Morgan fingerprint density at radius 1 is 1.50 bits per heavy atom. The van der Waals surface area contributed by atoms with Crippen LogP contribution in [0, 0.1) is 21.4 Å². The predicted molar refractivity (Wildman–Crippen MR) is 51.9 cm³/mol. The minimum absolute atomic E-state index is 0.105. The van der Waals surface area contributed by atoms with Crippen LogP contribution in [-0.4, -0.2) is 10.9 Å². The van der Waals surface area contributed by atoms with Crippen LogP contribution in [0.1, 0.15) is 11.1 Å². The third kappa shape index (κ3) is 2.65. The van der Waals surface area contributed by atoms with Crippen LogP contribution in [0.3, 0.4) is 0 Å². The standard InChI is InChI=1S/C10H6N2O4/c11-6-7-1-2-8(3-4-10(13)14)9(5-7)12(15)16/h1-5H,(H,13,14)/p-1/b4-3+. The van der Waals surface area contributed by atoms with E-state index >= 15 is 0 Å². The molecular weight excluding hydrogens is 212 g/mol. The van der Waals surface area contributed by atoms with Crippen LogP contribution in [0.2, 0.25) is 0 Å². The Balaban J connectivity index is 3.24. The lowest BCUT2D eigenvalue weighted by Gasteiger charge is -1.98. The number of hydrogen-bond donors (Lipinski definition) is 0. The molecule has 0 unspecified atom stereocenters. The summed E-state index contributed by atoms with van der Waals surface area (Å²) in [6.07, 6.45) is 1.74. The molecule has 0 atom stereocenters. The van der Waals surface area contributed by atoms with Gasteiger partial charge in [-0.1, -0.05) is 0 Å². The fourth-order valence-corrected chi connectivity index (χ4v) is 1.07. The number of hydrogen-bond acceptors (Lipinski definition) is 5. The van der Waals surface area contributed by atoms with Gasteiger partial charge < -0.3 is 9.90 Å². The fourth-order valence-electron chi connectivity index (χ4n) is 1.07. The first-order valence-electron chi connectivity index (χ1n) is 4.12. The molecule has 0 aliphatic carbocycles. The van der Waals surface area contributed by atoms with E-state index in [2.05, 4.69) is 0 Å². The predicted octanol–water partition coefficient (Wildman–Crippen LogP) is 0.230. The van der Waals surface area contributed by atoms with Crippen molar-refractivity contribution >= 4 is 17.7 Å². The third-order valence-corrected chi connectivity index (χ3v) is 1.76. The second kappa shape index (κ2) is 4.70. The lowest BCUT2D eigenvalue weighted by atomic mass is 10.1. The van der Waals surface area contributed by atoms with E-state index in [1.54, 1.807) is 6.07 Å². The van der Waals surface area contributed by atoms with Gasteiger partial charge in [0, 0.05) is 6.07 Å². The van der Waals surface area contributed by atoms with Gasteiger partial charge in [0.25, 0.3) is 5.69 Å². The lowest BCUT2D eigenvalue weighted by molar-refractivity contribution is -0.385. The number of nitro groups is 1. The van der Waals surface area contributed by atoms with Crippen molar-refractivity contribution in [2.24, 2.45) is 0 Å². The number of carbonyl (C=O) groups is 1. The number of carbonyl (C=O) groups excluding carboxylic acids is 1. The molecule has 0 spiro atoms. The van der Waals surface area contributed by atoms with Gasteiger partial charge in [-0.2, -0.15) is 5.26 Å². The van der Waals surface area contributed by atoms with Crippen LogP contribution >= 0.6 is 0 Å². The maximum absolute atomic E-state index is 10.6. The van der Waals surface area contributed by atoms with Crippen LogP contribution < -0.4 is 5.11 Å². The van der Waals surface area contributed by atoms with Crippen LogP contribution in [0.4, 0.5) is 5.69 Å². The zero-order chi connectivity index (χ0) is 12.1. The van der Waals surface area contributed by atoms with E-state index < -0.39 is 10.9 Å². The summed E-state index contributed by atoms with van der Waals surface area (Å²) in [6.45, 7) is 0. The van der Waals surface area contributed by atoms with Crippen LogP contribution in [0.15, 0.2) is 24.3 Å². The highest BCUT2D eigenvalue weighted by Gasteiger charge is 2.12. The molecule has 0 N–H and O–H groups in total. The Hall–Kier alpha value is -2.68.